The highest BCUT2D eigenvalue weighted by Gasteiger charge is 2.00. The largest absolute Gasteiger partial charge is 0.463 e. The Balaban J connectivity index is 2.25. The molecule has 1 aromatic heterocycles. The molecule has 1 aromatic carbocycles. The van der Waals surface area contributed by atoms with Gasteiger partial charge in [-0.1, -0.05) is 6.07 Å². The zero-order valence-corrected chi connectivity index (χ0v) is 9.93. The van der Waals surface area contributed by atoms with Crippen molar-refractivity contribution in [2.24, 2.45) is 0 Å². The quantitative estimate of drug-likeness (QED) is 0.508. The number of aromatic nitrogens is 1. The standard InChI is InChI=1S/C14H12N2O2/c1-3-18-14(17)7-5-12-9-10-8-11(15-2)4-6-13(10)16-12/h4-9,16H,3H2,1H3/b7-5+. The smallest absolute Gasteiger partial charge is 0.330 e. The number of carbonyl (C=O) groups excluding carboxylic acids is 1. The first kappa shape index (κ1) is 11.9. The molecule has 0 aliphatic rings. The van der Waals surface area contributed by atoms with E-state index in [-0.39, 0.29) is 5.97 Å². The van der Waals surface area contributed by atoms with E-state index in [2.05, 4.69) is 9.83 Å². The summed E-state index contributed by atoms with van der Waals surface area (Å²) in [5.74, 6) is -0.363. The molecule has 0 bridgehead atoms. The third-order valence-electron chi connectivity index (χ3n) is 2.44. The lowest BCUT2D eigenvalue weighted by molar-refractivity contribution is -0.137. The Bertz CT molecular complexity index is 647. The number of fused-ring (bicyclic) bond motifs is 1. The maximum Gasteiger partial charge on any atom is 0.330 e. The van der Waals surface area contributed by atoms with Crippen molar-refractivity contribution in [1.29, 1.82) is 0 Å². The topological polar surface area (TPSA) is 46.5 Å². The Morgan fingerprint density at radius 2 is 2.33 bits per heavy atom. The van der Waals surface area contributed by atoms with Gasteiger partial charge in [0.05, 0.1) is 13.2 Å². The van der Waals surface area contributed by atoms with E-state index in [0.29, 0.717) is 12.3 Å². The number of hydrogen-bond donors (Lipinski definition) is 1. The highest BCUT2D eigenvalue weighted by atomic mass is 16.5. The minimum atomic E-state index is -0.363. The van der Waals surface area contributed by atoms with Crippen molar-refractivity contribution in [2.45, 2.75) is 6.92 Å². The van der Waals surface area contributed by atoms with Crippen LogP contribution in [0.25, 0.3) is 21.8 Å². The summed E-state index contributed by atoms with van der Waals surface area (Å²) in [7, 11) is 0. The first-order valence-electron chi connectivity index (χ1n) is 5.58. The fourth-order valence-electron chi connectivity index (χ4n) is 1.65. The molecule has 0 spiro atoms. The lowest BCUT2D eigenvalue weighted by Gasteiger charge is -1.93. The molecule has 2 aromatic rings. The summed E-state index contributed by atoms with van der Waals surface area (Å²) < 4.78 is 4.79. The third-order valence-corrected chi connectivity index (χ3v) is 2.44. The number of aromatic amines is 1. The summed E-state index contributed by atoms with van der Waals surface area (Å²) in [5.41, 5.74) is 2.34. The number of H-pyrrole nitrogens is 1. The second kappa shape index (κ2) is 5.19. The van der Waals surface area contributed by atoms with Crippen molar-refractivity contribution in [3.8, 4) is 0 Å². The van der Waals surface area contributed by atoms with Crippen molar-refractivity contribution in [2.75, 3.05) is 6.61 Å². The average Bonchev–Trinajstić information content (AvgIpc) is 2.78. The highest BCUT2D eigenvalue weighted by molar-refractivity contribution is 5.90. The number of hydrogen-bond acceptors (Lipinski definition) is 2. The number of rotatable bonds is 3. The second-order valence-electron chi connectivity index (χ2n) is 3.69. The summed E-state index contributed by atoms with van der Waals surface area (Å²) in [6.07, 6.45) is 3.04. The summed E-state index contributed by atoms with van der Waals surface area (Å²) in [6.45, 7) is 9.08. The summed E-state index contributed by atoms with van der Waals surface area (Å²) >= 11 is 0. The molecule has 0 saturated heterocycles. The molecule has 0 aliphatic heterocycles. The van der Waals surface area contributed by atoms with Crippen LogP contribution >= 0.6 is 0 Å². The van der Waals surface area contributed by atoms with Crippen LogP contribution in [-0.2, 0) is 9.53 Å². The molecule has 4 nitrogen and oxygen atoms in total. The van der Waals surface area contributed by atoms with E-state index < -0.39 is 0 Å². The molecule has 0 radical (unpaired) electrons. The first-order valence-corrected chi connectivity index (χ1v) is 5.58. The molecule has 0 saturated carbocycles. The molecular weight excluding hydrogens is 228 g/mol. The van der Waals surface area contributed by atoms with Crippen molar-refractivity contribution in [3.05, 3.63) is 47.5 Å². The number of benzene rings is 1. The molecule has 18 heavy (non-hydrogen) atoms. The van der Waals surface area contributed by atoms with Gasteiger partial charge in [-0.25, -0.2) is 9.64 Å². The van der Waals surface area contributed by atoms with Crippen LogP contribution in [-0.4, -0.2) is 17.6 Å². The lowest BCUT2D eigenvalue weighted by atomic mass is 10.2. The zero-order valence-electron chi connectivity index (χ0n) is 9.93. The number of esters is 1. The van der Waals surface area contributed by atoms with Gasteiger partial charge in [0.25, 0.3) is 0 Å². The van der Waals surface area contributed by atoms with Gasteiger partial charge in [0.2, 0.25) is 0 Å². The fourth-order valence-corrected chi connectivity index (χ4v) is 1.65. The van der Waals surface area contributed by atoms with Crippen LogP contribution in [0.3, 0.4) is 0 Å². The van der Waals surface area contributed by atoms with E-state index in [1.54, 1.807) is 25.1 Å². The molecule has 1 N–H and O–H groups in total. The van der Waals surface area contributed by atoms with E-state index in [1.807, 2.05) is 12.1 Å². The van der Waals surface area contributed by atoms with Gasteiger partial charge in [0.1, 0.15) is 0 Å². The van der Waals surface area contributed by atoms with E-state index >= 15 is 0 Å². The molecule has 90 valence electrons. The van der Waals surface area contributed by atoms with Crippen LogP contribution in [0, 0.1) is 6.57 Å². The Kier molecular flexibility index (Phi) is 3.44. The van der Waals surface area contributed by atoms with Crippen LogP contribution in [0.4, 0.5) is 5.69 Å². The molecule has 0 aliphatic carbocycles. The van der Waals surface area contributed by atoms with E-state index in [9.17, 15) is 4.79 Å². The van der Waals surface area contributed by atoms with E-state index in [0.717, 1.165) is 16.6 Å². The Hall–Kier alpha value is -2.54. The van der Waals surface area contributed by atoms with Gasteiger partial charge in [-0.2, -0.15) is 0 Å². The molecule has 0 unspecified atom stereocenters. The number of ether oxygens (including phenoxy) is 1. The van der Waals surface area contributed by atoms with Crippen molar-refractivity contribution in [3.63, 3.8) is 0 Å². The van der Waals surface area contributed by atoms with Crippen LogP contribution in [0.1, 0.15) is 12.6 Å². The Morgan fingerprint density at radius 3 is 3.06 bits per heavy atom. The predicted molar refractivity (Wildman–Crippen MR) is 70.2 cm³/mol. The minimum Gasteiger partial charge on any atom is -0.463 e. The zero-order chi connectivity index (χ0) is 13.0. The molecule has 2 rings (SSSR count). The number of carbonyl (C=O) groups is 1. The molecule has 4 heteroatoms. The van der Waals surface area contributed by atoms with Crippen LogP contribution in [0.15, 0.2) is 30.3 Å². The van der Waals surface area contributed by atoms with Crippen LogP contribution in [0.2, 0.25) is 0 Å². The monoisotopic (exact) mass is 240 g/mol. The average molecular weight is 240 g/mol. The van der Waals surface area contributed by atoms with Crippen molar-refractivity contribution in [1.82, 2.24) is 4.98 Å². The van der Waals surface area contributed by atoms with Crippen molar-refractivity contribution < 1.29 is 9.53 Å². The van der Waals surface area contributed by atoms with Gasteiger partial charge in [0, 0.05) is 17.3 Å². The summed E-state index contributed by atoms with van der Waals surface area (Å²) in [4.78, 5) is 17.7. The van der Waals surface area contributed by atoms with E-state index in [1.165, 1.54) is 6.08 Å². The predicted octanol–water partition coefficient (Wildman–Crippen LogP) is 3.29. The molecular formula is C14H12N2O2. The minimum absolute atomic E-state index is 0.363. The molecule has 0 fully saturated rings. The maximum atomic E-state index is 11.2. The summed E-state index contributed by atoms with van der Waals surface area (Å²) in [5, 5.41) is 0.951. The molecule has 1 heterocycles. The fraction of sp³-hybridized carbons (Fsp3) is 0.143. The van der Waals surface area contributed by atoms with Gasteiger partial charge < -0.3 is 9.72 Å². The number of nitrogens with one attached hydrogen (secondary N) is 1. The maximum absolute atomic E-state index is 11.2. The van der Waals surface area contributed by atoms with Crippen molar-refractivity contribution >= 4 is 28.6 Å². The van der Waals surface area contributed by atoms with Crippen LogP contribution in [0.5, 0.6) is 0 Å². The van der Waals surface area contributed by atoms with Gasteiger partial charge >= 0.3 is 5.97 Å². The van der Waals surface area contributed by atoms with Gasteiger partial charge in [-0.15, -0.1) is 0 Å². The Morgan fingerprint density at radius 1 is 1.50 bits per heavy atom. The van der Waals surface area contributed by atoms with E-state index in [4.69, 9.17) is 11.3 Å². The molecule has 0 amide bonds. The second-order valence-corrected chi connectivity index (χ2v) is 3.69. The van der Waals surface area contributed by atoms with Crippen LogP contribution < -0.4 is 0 Å². The number of nitrogens with zero attached hydrogens (tertiary/aromatic N) is 1. The first-order chi connectivity index (χ1) is 8.72. The highest BCUT2D eigenvalue weighted by Crippen LogP contribution is 2.22. The lowest BCUT2D eigenvalue weighted by Crippen LogP contribution is -1.98. The van der Waals surface area contributed by atoms with Gasteiger partial charge in [0.15, 0.2) is 5.69 Å². The SMILES string of the molecule is [C-]#[N+]c1ccc2[nH]c(/C=C/C(=O)OCC)cc2c1. The summed E-state index contributed by atoms with van der Waals surface area (Å²) in [6, 6.07) is 7.30. The van der Waals surface area contributed by atoms with Gasteiger partial charge in [-0.3, -0.25) is 0 Å². The van der Waals surface area contributed by atoms with Gasteiger partial charge in [-0.05, 0) is 36.6 Å². The third kappa shape index (κ3) is 2.58. The normalized spacial score (nSPS) is 10.7. The molecule has 0 atom stereocenters. The Labute approximate surface area is 105 Å².